The molecule has 0 saturated heterocycles. The third kappa shape index (κ3) is 1.90. The van der Waals surface area contributed by atoms with E-state index in [0.717, 1.165) is 30.0 Å². The molecule has 2 heterocycles. The van der Waals surface area contributed by atoms with Gasteiger partial charge in [-0.05, 0) is 12.1 Å². The number of thiazole rings is 1. The third-order valence-corrected chi connectivity index (χ3v) is 2.87. The van der Waals surface area contributed by atoms with Crippen LogP contribution in [0.15, 0.2) is 29.9 Å². The summed E-state index contributed by atoms with van der Waals surface area (Å²) in [5.41, 5.74) is 0.724. The van der Waals surface area contributed by atoms with Crippen molar-refractivity contribution >= 4 is 17.6 Å². The lowest BCUT2D eigenvalue weighted by atomic mass is 10.4. The monoisotopic (exact) mass is 206 g/mol. The molecule has 2 rings (SSSR count). The second kappa shape index (κ2) is 4.19. The van der Waals surface area contributed by atoms with Gasteiger partial charge in [-0.1, -0.05) is 0 Å². The Morgan fingerprint density at radius 1 is 1.57 bits per heavy atom. The zero-order chi connectivity index (χ0) is 9.80. The van der Waals surface area contributed by atoms with Crippen LogP contribution in [0.3, 0.4) is 0 Å². The van der Waals surface area contributed by atoms with E-state index in [1.165, 1.54) is 0 Å². The van der Waals surface area contributed by atoms with Gasteiger partial charge in [0.15, 0.2) is 6.29 Å². The topological polar surface area (TPSA) is 34.9 Å². The Morgan fingerprint density at radius 2 is 2.50 bits per heavy atom. The van der Waals surface area contributed by atoms with E-state index in [0.29, 0.717) is 0 Å². The molecule has 0 aliphatic rings. The predicted molar refractivity (Wildman–Crippen MR) is 55.6 cm³/mol. The molecule has 2 aromatic rings. The predicted octanol–water partition coefficient (Wildman–Crippen LogP) is 2.00. The molecule has 0 amide bonds. The van der Waals surface area contributed by atoms with E-state index in [4.69, 9.17) is 0 Å². The van der Waals surface area contributed by atoms with Gasteiger partial charge in [-0.25, -0.2) is 4.98 Å². The second-order valence-electron chi connectivity index (χ2n) is 2.92. The zero-order valence-electron chi connectivity index (χ0n) is 7.59. The van der Waals surface area contributed by atoms with Crippen LogP contribution in [0.25, 0.3) is 0 Å². The number of carbonyl (C=O) groups is 1. The van der Waals surface area contributed by atoms with Crippen molar-refractivity contribution in [3.8, 4) is 0 Å². The maximum Gasteiger partial charge on any atom is 0.166 e. The molecular formula is C10H10N2OS. The highest BCUT2D eigenvalue weighted by Gasteiger charge is 2.00. The van der Waals surface area contributed by atoms with Crippen LogP contribution in [0.5, 0.6) is 0 Å². The molecule has 0 N–H and O–H groups in total. The van der Waals surface area contributed by atoms with Gasteiger partial charge in [0.1, 0.15) is 0 Å². The summed E-state index contributed by atoms with van der Waals surface area (Å²) in [4.78, 5) is 14.8. The minimum atomic E-state index is 0.724. The highest BCUT2D eigenvalue weighted by molar-refractivity contribution is 7.09. The number of rotatable bonds is 4. The van der Waals surface area contributed by atoms with Gasteiger partial charge in [0, 0.05) is 30.7 Å². The van der Waals surface area contributed by atoms with Crippen molar-refractivity contribution in [1.29, 1.82) is 0 Å². The van der Waals surface area contributed by atoms with Gasteiger partial charge < -0.3 is 4.57 Å². The van der Waals surface area contributed by atoms with E-state index in [9.17, 15) is 4.79 Å². The first-order valence-electron chi connectivity index (χ1n) is 4.39. The third-order valence-electron chi connectivity index (χ3n) is 2.04. The fourth-order valence-corrected chi connectivity index (χ4v) is 1.94. The molecule has 0 aliphatic heterocycles. The molecule has 0 fully saturated rings. The lowest BCUT2D eigenvalue weighted by Gasteiger charge is -2.02. The van der Waals surface area contributed by atoms with Crippen molar-refractivity contribution in [3.05, 3.63) is 40.6 Å². The molecular weight excluding hydrogens is 196 g/mol. The van der Waals surface area contributed by atoms with Crippen LogP contribution in [0, 0.1) is 0 Å². The lowest BCUT2D eigenvalue weighted by Crippen LogP contribution is -2.03. The quantitative estimate of drug-likeness (QED) is 0.717. The van der Waals surface area contributed by atoms with Crippen LogP contribution < -0.4 is 0 Å². The van der Waals surface area contributed by atoms with Gasteiger partial charge in [0.05, 0.1) is 10.7 Å². The SMILES string of the molecule is O=Cc1cccn1CCc1nccs1. The average molecular weight is 206 g/mol. The molecule has 2 aromatic heterocycles. The van der Waals surface area contributed by atoms with E-state index < -0.39 is 0 Å². The van der Waals surface area contributed by atoms with Crippen molar-refractivity contribution in [2.75, 3.05) is 0 Å². The highest BCUT2D eigenvalue weighted by Crippen LogP contribution is 2.07. The molecule has 0 aromatic carbocycles. The average Bonchev–Trinajstić information content (AvgIpc) is 2.85. The molecule has 0 spiro atoms. The van der Waals surface area contributed by atoms with Gasteiger partial charge in [0.25, 0.3) is 0 Å². The van der Waals surface area contributed by atoms with Crippen molar-refractivity contribution < 1.29 is 4.79 Å². The first-order chi connectivity index (χ1) is 6.90. The smallest absolute Gasteiger partial charge is 0.166 e. The van der Waals surface area contributed by atoms with E-state index >= 15 is 0 Å². The fraction of sp³-hybridized carbons (Fsp3) is 0.200. The van der Waals surface area contributed by atoms with E-state index in [1.54, 1.807) is 17.5 Å². The maximum absolute atomic E-state index is 10.6. The maximum atomic E-state index is 10.6. The Labute approximate surface area is 86.0 Å². The van der Waals surface area contributed by atoms with Crippen LogP contribution in [0.1, 0.15) is 15.5 Å². The van der Waals surface area contributed by atoms with Gasteiger partial charge in [0.2, 0.25) is 0 Å². The summed E-state index contributed by atoms with van der Waals surface area (Å²) in [6, 6.07) is 3.69. The van der Waals surface area contributed by atoms with Crippen molar-refractivity contribution in [1.82, 2.24) is 9.55 Å². The van der Waals surface area contributed by atoms with Gasteiger partial charge in [-0.2, -0.15) is 0 Å². The first-order valence-corrected chi connectivity index (χ1v) is 5.27. The number of nitrogens with zero attached hydrogens (tertiary/aromatic N) is 2. The molecule has 0 radical (unpaired) electrons. The number of carbonyl (C=O) groups excluding carboxylic acids is 1. The molecule has 4 heteroatoms. The Balaban J connectivity index is 2.01. The standard InChI is InChI=1S/C10H10N2OS/c13-8-9-2-1-5-12(9)6-3-10-11-4-7-14-10/h1-2,4-5,7-8H,3,6H2. The zero-order valence-corrected chi connectivity index (χ0v) is 8.41. The molecule has 0 atom stereocenters. The van der Waals surface area contributed by atoms with Gasteiger partial charge in [-0.15, -0.1) is 11.3 Å². The van der Waals surface area contributed by atoms with Crippen LogP contribution >= 0.6 is 11.3 Å². The van der Waals surface area contributed by atoms with Crippen molar-refractivity contribution in [2.45, 2.75) is 13.0 Å². The normalized spacial score (nSPS) is 10.3. The number of aldehydes is 1. The lowest BCUT2D eigenvalue weighted by molar-refractivity contribution is 0.111. The summed E-state index contributed by atoms with van der Waals surface area (Å²) in [5, 5.41) is 3.07. The first kappa shape index (κ1) is 9.15. The van der Waals surface area contributed by atoms with Gasteiger partial charge in [-0.3, -0.25) is 4.79 Å². The minimum Gasteiger partial charge on any atom is -0.345 e. The number of aromatic nitrogens is 2. The Kier molecular flexibility index (Phi) is 2.74. The summed E-state index contributed by atoms with van der Waals surface area (Å²) < 4.78 is 1.94. The minimum absolute atomic E-state index is 0.724. The van der Waals surface area contributed by atoms with Crippen molar-refractivity contribution in [2.24, 2.45) is 0 Å². The highest BCUT2D eigenvalue weighted by atomic mass is 32.1. The second-order valence-corrected chi connectivity index (χ2v) is 3.90. The van der Waals surface area contributed by atoms with E-state index in [2.05, 4.69) is 4.98 Å². The molecule has 0 saturated carbocycles. The Hall–Kier alpha value is -1.42. The summed E-state index contributed by atoms with van der Waals surface area (Å²) in [7, 11) is 0. The number of hydrogen-bond acceptors (Lipinski definition) is 3. The summed E-state index contributed by atoms with van der Waals surface area (Å²) >= 11 is 1.65. The number of hydrogen-bond donors (Lipinski definition) is 0. The van der Waals surface area contributed by atoms with Crippen LogP contribution in [0.4, 0.5) is 0 Å². The largest absolute Gasteiger partial charge is 0.345 e. The molecule has 0 bridgehead atoms. The summed E-state index contributed by atoms with van der Waals surface area (Å²) in [6.07, 6.45) is 5.47. The van der Waals surface area contributed by atoms with Gasteiger partial charge >= 0.3 is 0 Å². The molecule has 72 valence electrons. The summed E-state index contributed by atoms with van der Waals surface area (Å²) in [6.45, 7) is 0.814. The van der Waals surface area contributed by atoms with E-state index in [-0.39, 0.29) is 0 Å². The number of aryl methyl sites for hydroxylation is 2. The van der Waals surface area contributed by atoms with Crippen LogP contribution in [-0.4, -0.2) is 15.8 Å². The molecule has 0 unspecified atom stereocenters. The Morgan fingerprint density at radius 3 is 3.21 bits per heavy atom. The fourth-order valence-electron chi connectivity index (χ4n) is 1.33. The molecule has 3 nitrogen and oxygen atoms in total. The van der Waals surface area contributed by atoms with Crippen LogP contribution in [0.2, 0.25) is 0 Å². The summed E-state index contributed by atoms with van der Waals surface area (Å²) in [5.74, 6) is 0. The van der Waals surface area contributed by atoms with E-state index in [1.807, 2.05) is 28.3 Å². The van der Waals surface area contributed by atoms with Crippen molar-refractivity contribution in [3.63, 3.8) is 0 Å². The molecule has 14 heavy (non-hydrogen) atoms. The molecule has 0 aliphatic carbocycles. The van der Waals surface area contributed by atoms with Crippen LogP contribution in [-0.2, 0) is 13.0 Å². The Bertz CT molecular complexity index is 405.